The van der Waals surface area contributed by atoms with E-state index < -0.39 is 0 Å². The lowest BCUT2D eigenvalue weighted by atomic mass is 9.84. The minimum atomic E-state index is 0.0701. The lowest BCUT2D eigenvalue weighted by Crippen LogP contribution is -2.59. The molecule has 1 saturated heterocycles. The van der Waals surface area contributed by atoms with Crippen LogP contribution in [0.3, 0.4) is 0 Å². The fourth-order valence-electron chi connectivity index (χ4n) is 4.84. The minimum absolute atomic E-state index is 0.0701. The van der Waals surface area contributed by atoms with Crippen molar-refractivity contribution in [1.29, 1.82) is 0 Å². The van der Waals surface area contributed by atoms with Crippen molar-refractivity contribution in [1.82, 2.24) is 9.80 Å². The average molecular weight is 423 g/mol. The standard InChI is InChI=1S/C27H54N2O/c1-7-10-15-20-27(6,19-11-8-2)29-23-22-28(24-25(29)30)21-17-14-12-13-16-18-26(4,5)9-3/h7-24H2,1-6H3. The van der Waals surface area contributed by atoms with Crippen molar-refractivity contribution in [2.24, 2.45) is 5.41 Å². The highest BCUT2D eigenvalue weighted by molar-refractivity contribution is 5.79. The zero-order valence-corrected chi connectivity index (χ0v) is 21.5. The Kier molecular flexibility index (Phi) is 13.3. The number of hydrogen-bond acceptors (Lipinski definition) is 2. The molecule has 0 aromatic heterocycles. The van der Waals surface area contributed by atoms with Gasteiger partial charge in [0.05, 0.1) is 6.54 Å². The van der Waals surface area contributed by atoms with Crippen molar-refractivity contribution in [3.05, 3.63) is 0 Å². The topological polar surface area (TPSA) is 23.6 Å². The Labute approximate surface area is 189 Å². The largest absolute Gasteiger partial charge is 0.335 e. The second-order valence-corrected chi connectivity index (χ2v) is 10.9. The molecular formula is C27H54N2O. The third-order valence-electron chi connectivity index (χ3n) is 7.62. The summed E-state index contributed by atoms with van der Waals surface area (Å²) in [6.45, 7) is 17.7. The van der Waals surface area contributed by atoms with Crippen LogP contribution in [0.25, 0.3) is 0 Å². The maximum atomic E-state index is 13.0. The molecule has 0 radical (unpaired) electrons. The van der Waals surface area contributed by atoms with E-state index in [4.69, 9.17) is 0 Å². The van der Waals surface area contributed by atoms with Crippen LogP contribution >= 0.6 is 0 Å². The predicted molar refractivity (Wildman–Crippen MR) is 132 cm³/mol. The second kappa shape index (κ2) is 14.5. The highest BCUT2D eigenvalue weighted by Crippen LogP contribution is 2.30. The van der Waals surface area contributed by atoms with E-state index in [1.165, 1.54) is 83.5 Å². The van der Waals surface area contributed by atoms with Crippen LogP contribution in [0, 0.1) is 5.41 Å². The van der Waals surface area contributed by atoms with E-state index in [9.17, 15) is 4.79 Å². The van der Waals surface area contributed by atoms with Gasteiger partial charge in [-0.15, -0.1) is 0 Å². The van der Waals surface area contributed by atoms with E-state index in [-0.39, 0.29) is 5.54 Å². The summed E-state index contributed by atoms with van der Waals surface area (Å²) in [7, 11) is 0. The molecule has 1 amide bonds. The number of carbonyl (C=O) groups excluding carboxylic acids is 1. The van der Waals surface area contributed by atoms with Crippen LogP contribution < -0.4 is 0 Å². The maximum absolute atomic E-state index is 13.0. The molecule has 1 atom stereocenters. The molecule has 0 aliphatic carbocycles. The van der Waals surface area contributed by atoms with Crippen molar-refractivity contribution in [2.75, 3.05) is 26.2 Å². The molecule has 1 unspecified atom stereocenters. The number of carbonyl (C=O) groups is 1. The molecule has 0 N–H and O–H groups in total. The lowest BCUT2D eigenvalue weighted by Gasteiger charge is -2.46. The fraction of sp³-hybridized carbons (Fsp3) is 0.963. The van der Waals surface area contributed by atoms with Gasteiger partial charge in [-0.2, -0.15) is 0 Å². The molecule has 0 bridgehead atoms. The van der Waals surface area contributed by atoms with Crippen LogP contribution in [0.5, 0.6) is 0 Å². The average Bonchev–Trinajstić information content (AvgIpc) is 2.71. The molecule has 178 valence electrons. The minimum Gasteiger partial charge on any atom is -0.335 e. The molecule has 3 heteroatoms. The van der Waals surface area contributed by atoms with Crippen molar-refractivity contribution < 1.29 is 4.79 Å². The van der Waals surface area contributed by atoms with Crippen molar-refractivity contribution in [3.8, 4) is 0 Å². The van der Waals surface area contributed by atoms with Crippen LogP contribution in [0.1, 0.15) is 131 Å². The quantitative estimate of drug-likeness (QED) is 0.227. The molecular weight excluding hydrogens is 368 g/mol. The monoisotopic (exact) mass is 422 g/mol. The Morgan fingerprint density at radius 1 is 0.733 bits per heavy atom. The lowest BCUT2D eigenvalue weighted by molar-refractivity contribution is -0.143. The fourth-order valence-corrected chi connectivity index (χ4v) is 4.84. The number of piperazine rings is 1. The van der Waals surface area contributed by atoms with Crippen LogP contribution in [0.4, 0.5) is 0 Å². The Balaban J connectivity index is 2.33. The second-order valence-electron chi connectivity index (χ2n) is 10.9. The molecule has 1 heterocycles. The summed E-state index contributed by atoms with van der Waals surface area (Å²) < 4.78 is 0. The number of unbranched alkanes of at least 4 members (excludes halogenated alkanes) is 7. The maximum Gasteiger partial charge on any atom is 0.237 e. The van der Waals surface area contributed by atoms with E-state index in [0.717, 1.165) is 26.1 Å². The number of amides is 1. The third-order valence-corrected chi connectivity index (χ3v) is 7.62. The summed E-state index contributed by atoms with van der Waals surface area (Å²) in [6.07, 6.45) is 17.8. The third kappa shape index (κ3) is 10.2. The van der Waals surface area contributed by atoms with Crippen molar-refractivity contribution in [2.45, 2.75) is 137 Å². The van der Waals surface area contributed by atoms with E-state index in [1.807, 2.05) is 0 Å². The van der Waals surface area contributed by atoms with Crippen LogP contribution in [0.15, 0.2) is 0 Å². The molecule has 0 spiro atoms. The van der Waals surface area contributed by atoms with Gasteiger partial charge in [-0.25, -0.2) is 0 Å². The van der Waals surface area contributed by atoms with Gasteiger partial charge in [0.1, 0.15) is 0 Å². The summed E-state index contributed by atoms with van der Waals surface area (Å²) in [6, 6.07) is 0. The van der Waals surface area contributed by atoms with E-state index >= 15 is 0 Å². The number of nitrogens with zero attached hydrogens (tertiary/aromatic N) is 2. The Morgan fingerprint density at radius 2 is 1.33 bits per heavy atom. The first-order chi connectivity index (χ1) is 14.3. The first kappa shape index (κ1) is 27.5. The van der Waals surface area contributed by atoms with Gasteiger partial charge in [-0.1, -0.05) is 98.8 Å². The van der Waals surface area contributed by atoms with E-state index in [1.54, 1.807) is 0 Å². The van der Waals surface area contributed by atoms with Gasteiger partial charge in [0.15, 0.2) is 0 Å². The molecule has 0 aromatic rings. The van der Waals surface area contributed by atoms with E-state index in [0.29, 0.717) is 17.9 Å². The highest BCUT2D eigenvalue weighted by Gasteiger charge is 2.37. The van der Waals surface area contributed by atoms with Crippen LogP contribution in [0.2, 0.25) is 0 Å². The summed E-state index contributed by atoms with van der Waals surface area (Å²) in [4.78, 5) is 17.7. The van der Waals surface area contributed by atoms with Gasteiger partial charge in [-0.3, -0.25) is 9.69 Å². The number of rotatable bonds is 17. The first-order valence-corrected chi connectivity index (χ1v) is 13.3. The molecule has 1 rings (SSSR count). The normalized spacial score (nSPS) is 18.1. The molecule has 1 aliphatic heterocycles. The Morgan fingerprint density at radius 3 is 1.97 bits per heavy atom. The smallest absolute Gasteiger partial charge is 0.237 e. The number of hydrogen-bond donors (Lipinski definition) is 0. The van der Waals surface area contributed by atoms with Crippen molar-refractivity contribution >= 4 is 5.91 Å². The van der Waals surface area contributed by atoms with Gasteiger partial charge in [0, 0.05) is 18.6 Å². The summed E-state index contributed by atoms with van der Waals surface area (Å²) >= 11 is 0. The molecule has 1 fully saturated rings. The van der Waals surface area contributed by atoms with Gasteiger partial charge in [0.2, 0.25) is 5.91 Å². The van der Waals surface area contributed by atoms with Gasteiger partial charge >= 0.3 is 0 Å². The molecule has 3 nitrogen and oxygen atoms in total. The zero-order valence-electron chi connectivity index (χ0n) is 21.5. The molecule has 30 heavy (non-hydrogen) atoms. The molecule has 1 aliphatic rings. The van der Waals surface area contributed by atoms with E-state index in [2.05, 4.69) is 51.3 Å². The van der Waals surface area contributed by atoms with Crippen LogP contribution in [-0.2, 0) is 4.79 Å². The van der Waals surface area contributed by atoms with Crippen molar-refractivity contribution in [3.63, 3.8) is 0 Å². The predicted octanol–water partition coefficient (Wildman–Crippen LogP) is 7.44. The van der Waals surface area contributed by atoms with Crippen LogP contribution in [-0.4, -0.2) is 47.4 Å². The summed E-state index contributed by atoms with van der Waals surface area (Å²) in [5.74, 6) is 0.373. The Bertz CT molecular complexity index is 462. The van der Waals surface area contributed by atoms with Gasteiger partial charge in [0.25, 0.3) is 0 Å². The highest BCUT2D eigenvalue weighted by atomic mass is 16.2. The summed E-state index contributed by atoms with van der Waals surface area (Å²) in [5, 5.41) is 0. The summed E-state index contributed by atoms with van der Waals surface area (Å²) in [5.41, 5.74) is 0.586. The first-order valence-electron chi connectivity index (χ1n) is 13.3. The SMILES string of the molecule is CCCCCC(C)(CCCC)N1CCN(CCCCCCCC(C)(C)CC)CC1=O. The molecule has 0 saturated carbocycles. The molecule has 0 aromatic carbocycles. The zero-order chi connectivity index (χ0) is 22.5. The van der Waals surface area contributed by atoms with Gasteiger partial charge < -0.3 is 4.90 Å². The van der Waals surface area contributed by atoms with Gasteiger partial charge in [-0.05, 0) is 44.6 Å². The Hall–Kier alpha value is -0.570.